The number of nitrogens with one attached hydrogen (secondary N) is 1. The van der Waals surface area contributed by atoms with Crippen LogP contribution in [-0.2, 0) is 31.1 Å². The zero-order chi connectivity index (χ0) is 15.0. The van der Waals surface area contributed by atoms with Crippen LogP contribution in [0.15, 0.2) is 18.2 Å². The number of benzene rings is 1. The lowest BCUT2D eigenvalue weighted by molar-refractivity contribution is -0.115. The first-order chi connectivity index (χ1) is 10.0. The van der Waals surface area contributed by atoms with Crippen LogP contribution in [0.5, 0.6) is 0 Å². The van der Waals surface area contributed by atoms with Crippen LogP contribution in [0.4, 0.5) is 5.69 Å². The number of amides is 1. The van der Waals surface area contributed by atoms with Crippen LogP contribution in [-0.4, -0.2) is 15.7 Å². The molecule has 4 nitrogen and oxygen atoms in total. The van der Waals surface area contributed by atoms with Gasteiger partial charge in [0.2, 0.25) is 5.91 Å². The number of aryl methyl sites for hydroxylation is 4. The predicted molar refractivity (Wildman–Crippen MR) is 83.5 cm³/mol. The van der Waals surface area contributed by atoms with Gasteiger partial charge in [-0.25, -0.2) is 0 Å². The van der Waals surface area contributed by atoms with Crippen molar-refractivity contribution < 1.29 is 4.79 Å². The molecule has 0 atom stereocenters. The number of aromatic nitrogens is 2. The standard InChI is InChI=1S/C17H21N3O/c1-11-17(12(2)20(3)19-11)18-16(21)10-13-7-8-14-5-4-6-15(14)9-13/h7-9H,4-6,10H2,1-3H3,(H,18,21). The minimum atomic E-state index is 0.0205. The second-order valence-electron chi connectivity index (χ2n) is 5.85. The Balaban J connectivity index is 1.72. The first-order valence-electron chi connectivity index (χ1n) is 7.45. The molecule has 0 saturated carbocycles. The van der Waals surface area contributed by atoms with Gasteiger partial charge in [0, 0.05) is 7.05 Å². The molecule has 1 heterocycles. The van der Waals surface area contributed by atoms with Crippen LogP contribution in [0.3, 0.4) is 0 Å². The van der Waals surface area contributed by atoms with Crippen LogP contribution in [0, 0.1) is 13.8 Å². The Bertz CT molecular complexity index is 700. The minimum Gasteiger partial charge on any atom is -0.323 e. The Morgan fingerprint density at radius 2 is 2.05 bits per heavy atom. The Labute approximate surface area is 125 Å². The molecule has 21 heavy (non-hydrogen) atoms. The number of nitrogens with zero attached hydrogens (tertiary/aromatic N) is 2. The third kappa shape index (κ3) is 2.71. The molecule has 4 heteroatoms. The summed E-state index contributed by atoms with van der Waals surface area (Å²) in [4.78, 5) is 12.2. The van der Waals surface area contributed by atoms with Gasteiger partial charge in [0.25, 0.3) is 0 Å². The molecule has 0 fully saturated rings. The maximum Gasteiger partial charge on any atom is 0.228 e. The molecule has 3 rings (SSSR count). The van der Waals surface area contributed by atoms with E-state index in [1.54, 1.807) is 4.68 Å². The molecule has 110 valence electrons. The molecule has 1 aliphatic carbocycles. The van der Waals surface area contributed by atoms with Crippen molar-refractivity contribution in [2.24, 2.45) is 7.05 Å². The molecule has 0 aliphatic heterocycles. The second-order valence-corrected chi connectivity index (χ2v) is 5.85. The van der Waals surface area contributed by atoms with Gasteiger partial charge in [-0.3, -0.25) is 9.48 Å². The van der Waals surface area contributed by atoms with Crippen molar-refractivity contribution in [3.05, 3.63) is 46.3 Å². The van der Waals surface area contributed by atoms with E-state index in [0.29, 0.717) is 6.42 Å². The predicted octanol–water partition coefficient (Wildman–Crippen LogP) is 2.71. The van der Waals surface area contributed by atoms with Crippen molar-refractivity contribution in [1.82, 2.24) is 9.78 Å². The van der Waals surface area contributed by atoms with Gasteiger partial charge in [0.15, 0.2) is 0 Å². The Morgan fingerprint density at radius 1 is 1.29 bits per heavy atom. The highest BCUT2D eigenvalue weighted by Gasteiger charge is 2.15. The van der Waals surface area contributed by atoms with Crippen LogP contribution < -0.4 is 5.32 Å². The lowest BCUT2D eigenvalue weighted by Crippen LogP contribution is -2.15. The van der Waals surface area contributed by atoms with Crippen molar-refractivity contribution in [2.45, 2.75) is 39.5 Å². The highest BCUT2D eigenvalue weighted by molar-refractivity contribution is 5.93. The SMILES string of the molecule is Cc1nn(C)c(C)c1NC(=O)Cc1ccc2c(c1)CCC2. The van der Waals surface area contributed by atoms with Crippen molar-refractivity contribution >= 4 is 11.6 Å². The van der Waals surface area contributed by atoms with Gasteiger partial charge in [0.05, 0.1) is 23.5 Å². The molecule has 1 amide bonds. The van der Waals surface area contributed by atoms with E-state index in [9.17, 15) is 4.79 Å². The van der Waals surface area contributed by atoms with Gasteiger partial charge >= 0.3 is 0 Å². The van der Waals surface area contributed by atoms with E-state index in [1.165, 1.54) is 24.0 Å². The lowest BCUT2D eigenvalue weighted by Gasteiger charge is -2.07. The van der Waals surface area contributed by atoms with Crippen LogP contribution >= 0.6 is 0 Å². The lowest BCUT2D eigenvalue weighted by atomic mass is 10.0. The van der Waals surface area contributed by atoms with E-state index in [4.69, 9.17) is 0 Å². The summed E-state index contributed by atoms with van der Waals surface area (Å²) < 4.78 is 1.79. The van der Waals surface area contributed by atoms with E-state index in [2.05, 4.69) is 28.6 Å². The molecule has 0 saturated heterocycles. The number of carbonyl (C=O) groups excluding carboxylic acids is 1. The van der Waals surface area contributed by atoms with Gasteiger partial charge in [-0.05, 0) is 49.8 Å². The summed E-state index contributed by atoms with van der Waals surface area (Å²) in [5.41, 5.74) is 6.62. The first-order valence-corrected chi connectivity index (χ1v) is 7.45. The fraction of sp³-hybridized carbons (Fsp3) is 0.412. The number of anilines is 1. The molecule has 1 aromatic heterocycles. The fourth-order valence-corrected chi connectivity index (χ4v) is 3.06. The molecule has 1 aromatic carbocycles. The average Bonchev–Trinajstić information content (AvgIpc) is 2.99. The maximum absolute atomic E-state index is 12.2. The Hall–Kier alpha value is -2.10. The van der Waals surface area contributed by atoms with E-state index in [0.717, 1.165) is 29.1 Å². The first kappa shape index (κ1) is 13.9. The molecular formula is C17H21N3O. The number of rotatable bonds is 3. The van der Waals surface area contributed by atoms with E-state index >= 15 is 0 Å². The largest absolute Gasteiger partial charge is 0.323 e. The molecule has 0 bridgehead atoms. The molecular weight excluding hydrogens is 262 g/mol. The summed E-state index contributed by atoms with van der Waals surface area (Å²) in [5, 5.41) is 7.31. The molecule has 1 N–H and O–H groups in total. The fourth-order valence-electron chi connectivity index (χ4n) is 3.06. The smallest absolute Gasteiger partial charge is 0.228 e. The topological polar surface area (TPSA) is 46.9 Å². The molecule has 0 spiro atoms. The Kier molecular flexibility index (Phi) is 3.53. The van der Waals surface area contributed by atoms with Gasteiger partial charge in [-0.1, -0.05) is 18.2 Å². The average molecular weight is 283 g/mol. The van der Waals surface area contributed by atoms with Gasteiger partial charge in [-0.15, -0.1) is 0 Å². The van der Waals surface area contributed by atoms with Gasteiger partial charge in [0.1, 0.15) is 0 Å². The number of fused-ring (bicyclic) bond motifs is 1. The summed E-state index contributed by atoms with van der Waals surface area (Å²) in [6.07, 6.45) is 3.97. The second kappa shape index (κ2) is 5.35. The summed E-state index contributed by atoms with van der Waals surface area (Å²) in [5.74, 6) is 0.0205. The third-order valence-electron chi connectivity index (χ3n) is 4.30. The van der Waals surface area contributed by atoms with E-state index in [-0.39, 0.29) is 5.91 Å². The van der Waals surface area contributed by atoms with Crippen LogP contribution in [0.25, 0.3) is 0 Å². The summed E-state index contributed by atoms with van der Waals surface area (Å²) in [6.45, 7) is 3.88. The molecule has 0 unspecified atom stereocenters. The molecule has 0 radical (unpaired) electrons. The van der Waals surface area contributed by atoms with Crippen molar-refractivity contribution in [2.75, 3.05) is 5.32 Å². The van der Waals surface area contributed by atoms with E-state index < -0.39 is 0 Å². The third-order valence-corrected chi connectivity index (χ3v) is 4.30. The normalized spacial score (nSPS) is 13.3. The zero-order valence-electron chi connectivity index (χ0n) is 12.9. The van der Waals surface area contributed by atoms with Crippen molar-refractivity contribution in [3.63, 3.8) is 0 Å². The maximum atomic E-state index is 12.2. The van der Waals surface area contributed by atoms with Crippen LogP contribution in [0.2, 0.25) is 0 Å². The van der Waals surface area contributed by atoms with Crippen molar-refractivity contribution in [3.8, 4) is 0 Å². The number of hydrogen-bond donors (Lipinski definition) is 1. The van der Waals surface area contributed by atoms with E-state index in [1.807, 2.05) is 20.9 Å². The number of hydrogen-bond acceptors (Lipinski definition) is 2. The monoisotopic (exact) mass is 283 g/mol. The quantitative estimate of drug-likeness (QED) is 0.941. The minimum absolute atomic E-state index is 0.0205. The van der Waals surface area contributed by atoms with Crippen LogP contribution in [0.1, 0.15) is 34.5 Å². The Morgan fingerprint density at radius 3 is 2.76 bits per heavy atom. The van der Waals surface area contributed by atoms with Crippen molar-refractivity contribution in [1.29, 1.82) is 0 Å². The summed E-state index contributed by atoms with van der Waals surface area (Å²) in [6, 6.07) is 6.43. The summed E-state index contributed by atoms with van der Waals surface area (Å²) in [7, 11) is 1.89. The molecule has 1 aliphatic rings. The molecule has 2 aromatic rings. The zero-order valence-corrected chi connectivity index (χ0v) is 12.9. The highest BCUT2D eigenvalue weighted by atomic mass is 16.1. The van der Waals surface area contributed by atoms with Gasteiger partial charge < -0.3 is 5.32 Å². The number of carbonyl (C=O) groups is 1. The summed E-state index contributed by atoms with van der Waals surface area (Å²) >= 11 is 0. The highest BCUT2D eigenvalue weighted by Crippen LogP contribution is 2.23. The van der Waals surface area contributed by atoms with Gasteiger partial charge in [-0.2, -0.15) is 5.10 Å².